The summed E-state index contributed by atoms with van der Waals surface area (Å²) >= 11 is 0. The lowest BCUT2D eigenvalue weighted by molar-refractivity contribution is -0.157. The first-order valence-corrected chi connectivity index (χ1v) is 8.45. The van der Waals surface area contributed by atoms with Crippen LogP contribution in [0.4, 0.5) is 0 Å². The fourth-order valence-corrected chi connectivity index (χ4v) is 4.05. The fourth-order valence-electron chi connectivity index (χ4n) is 4.05. The molecule has 1 aromatic heterocycles. The Morgan fingerprint density at radius 2 is 2.25 bits per heavy atom. The average Bonchev–Trinajstić information content (AvgIpc) is 3.08. The van der Waals surface area contributed by atoms with E-state index in [2.05, 4.69) is 5.10 Å². The summed E-state index contributed by atoms with van der Waals surface area (Å²) < 4.78 is 7.31. The summed E-state index contributed by atoms with van der Waals surface area (Å²) in [5, 5.41) is 14.1. The molecular formula is C17H25N3O4. The second kappa shape index (κ2) is 6.20. The van der Waals surface area contributed by atoms with E-state index in [1.54, 1.807) is 4.90 Å². The van der Waals surface area contributed by atoms with Crippen molar-refractivity contribution in [1.29, 1.82) is 0 Å². The van der Waals surface area contributed by atoms with Crippen LogP contribution in [0.5, 0.6) is 0 Å². The predicted molar refractivity (Wildman–Crippen MR) is 86.6 cm³/mol. The molecule has 7 nitrogen and oxygen atoms in total. The third kappa shape index (κ3) is 2.81. The van der Waals surface area contributed by atoms with Crippen LogP contribution in [-0.2, 0) is 14.3 Å². The highest BCUT2D eigenvalue weighted by molar-refractivity contribution is 5.81. The molecule has 0 saturated carbocycles. The molecule has 1 amide bonds. The number of amides is 1. The number of aromatic nitrogens is 2. The number of rotatable bonds is 4. The number of aryl methyl sites for hydroxylation is 2. The number of carbonyl (C=O) groups is 2. The maximum Gasteiger partial charge on any atom is 0.311 e. The molecule has 0 spiro atoms. The van der Waals surface area contributed by atoms with Gasteiger partial charge < -0.3 is 14.7 Å². The van der Waals surface area contributed by atoms with Crippen molar-refractivity contribution in [3.63, 3.8) is 0 Å². The monoisotopic (exact) mass is 335 g/mol. The summed E-state index contributed by atoms with van der Waals surface area (Å²) in [4.78, 5) is 26.2. The van der Waals surface area contributed by atoms with Gasteiger partial charge in [0.15, 0.2) is 0 Å². The second-order valence-corrected chi connectivity index (χ2v) is 7.18. The van der Waals surface area contributed by atoms with Crippen molar-refractivity contribution in [2.24, 2.45) is 11.3 Å². The Morgan fingerprint density at radius 3 is 2.83 bits per heavy atom. The highest BCUT2D eigenvalue weighted by Gasteiger charge is 2.54. The van der Waals surface area contributed by atoms with Crippen molar-refractivity contribution >= 4 is 11.9 Å². The van der Waals surface area contributed by atoms with Crippen molar-refractivity contribution in [3.8, 4) is 0 Å². The number of hydrogen-bond donors (Lipinski definition) is 1. The SMILES string of the molecule is Cc1cc(C)n(C(C)CC(=O)N2C[C@H]3COCC[C@@]3(C(=O)O)C2)n1. The second-order valence-electron chi connectivity index (χ2n) is 7.18. The molecule has 3 atom stereocenters. The van der Waals surface area contributed by atoms with Gasteiger partial charge in [0.05, 0.1) is 23.8 Å². The fraction of sp³-hybridized carbons (Fsp3) is 0.706. The summed E-state index contributed by atoms with van der Waals surface area (Å²) in [5.74, 6) is -0.931. The van der Waals surface area contributed by atoms with Crippen LogP contribution < -0.4 is 0 Å². The van der Waals surface area contributed by atoms with Gasteiger partial charge in [-0.15, -0.1) is 0 Å². The Morgan fingerprint density at radius 1 is 1.50 bits per heavy atom. The lowest BCUT2D eigenvalue weighted by Gasteiger charge is -2.33. The molecule has 0 bridgehead atoms. The van der Waals surface area contributed by atoms with Crippen molar-refractivity contribution < 1.29 is 19.4 Å². The number of nitrogens with zero attached hydrogens (tertiary/aromatic N) is 3. The summed E-state index contributed by atoms with van der Waals surface area (Å²) in [6, 6.07) is 1.94. The lowest BCUT2D eigenvalue weighted by atomic mass is 9.74. The zero-order chi connectivity index (χ0) is 17.5. The molecule has 0 aromatic carbocycles. The first-order chi connectivity index (χ1) is 11.3. The van der Waals surface area contributed by atoms with Gasteiger partial charge in [0, 0.05) is 37.7 Å². The Hall–Kier alpha value is -1.89. The first-order valence-electron chi connectivity index (χ1n) is 8.45. The number of aliphatic carboxylic acids is 1. The summed E-state index contributed by atoms with van der Waals surface area (Å²) in [7, 11) is 0. The number of likely N-dealkylation sites (tertiary alicyclic amines) is 1. The number of carbonyl (C=O) groups excluding carboxylic acids is 1. The topological polar surface area (TPSA) is 84.7 Å². The molecule has 7 heteroatoms. The molecule has 0 radical (unpaired) electrons. The van der Waals surface area contributed by atoms with Gasteiger partial charge in [-0.1, -0.05) is 0 Å². The van der Waals surface area contributed by atoms with Gasteiger partial charge in [0.2, 0.25) is 5.91 Å². The standard InChI is InChI=1S/C17H25N3O4/c1-11-6-12(2)20(18-11)13(3)7-15(21)19-8-14-9-24-5-4-17(14,10-19)16(22)23/h6,13-14H,4-5,7-10H2,1-3H3,(H,22,23)/t13?,14-,17+/m0/s1. The van der Waals surface area contributed by atoms with Crippen LogP contribution in [0.25, 0.3) is 0 Å². The van der Waals surface area contributed by atoms with Crippen LogP contribution in [0.1, 0.15) is 37.2 Å². The summed E-state index contributed by atoms with van der Waals surface area (Å²) in [6.45, 7) is 7.50. The van der Waals surface area contributed by atoms with Crippen LogP contribution in [0.3, 0.4) is 0 Å². The van der Waals surface area contributed by atoms with E-state index in [4.69, 9.17) is 4.74 Å². The summed E-state index contributed by atoms with van der Waals surface area (Å²) in [5.41, 5.74) is 1.12. The van der Waals surface area contributed by atoms with E-state index in [1.807, 2.05) is 31.5 Å². The van der Waals surface area contributed by atoms with E-state index in [9.17, 15) is 14.7 Å². The van der Waals surface area contributed by atoms with Gasteiger partial charge in [0.25, 0.3) is 0 Å². The third-order valence-corrected chi connectivity index (χ3v) is 5.42. The zero-order valence-corrected chi connectivity index (χ0v) is 14.5. The Balaban J connectivity index is 1.70. The highest BCUT2D eigenvalue weighted by atomic mass is 16.5. The van der Waals surface area contributed by atoms with Gasteiger partial charge in [0.1, 0.15) is 0 Å². The van der Waals surface area contributed by atoms with Crippen LogP contribution in [0.2, 0.25) is 0 Å². The number of carboxylic acid groups (broad SMARTS) is 1. The van der Waals surface area contributed by atoms with E-state index >= 15 is 0 Å². The third-order valence-electron chi connectivity index (χ3n) is 5.42. The largest absolute Gasteiger partial charge is 0.481 e. The molecule has 2 aliphatic rings. The minimum absolute atomic E-state index is 0.00919. The number of fused-ring (bicyclic) bond motifs is 1. The van der Waals surface area contributed by atoms with Gasteiger partial charge in [-0.05, 0) is 33.3 Å². The van der Waals surface area contributed by atoms with E-state index in [0.29, 0.717) is 39.1 Å². The molecule has 1 N–H and O–H groups in total. The van der Waals surface area contributed by atoms with E-state index in [1.165, 1.54) is 0 Å². The first kappa shape index (κ1) is 17.0. The molecule has 1 unspecified atom stereocenters. The molecule has 1 aromatic rings. The van der Waals surface area contributed by atoms with Crippen LogP contribution >= 0.6 is 0 Å². The van der Waals surface area contributed by atoms with E-state index < -0.39 is 11.4 Å². The summed E-state index contributed by atoms with van der Waals surface area (Å²) in [6.07, 6.45) is 0.801. The van der Waals surface area contributed by atoms with Crippen molar-refractivity contribution in [3.05, 3.63) is 17.5 Å². The molecule has 0 aliphatic carbocycles. The maximum atomic E-state index is 12.7. The van der Waals surface area contributed by atoms with Gasteiger partial charge >= 0.3 is 5.97 Å². The average molecular weight is 335 g/mol. The quantitative estimate of drug-likeness (QED) is 0.899. The Bertz CT molecular complexity index is 656. The van der Waals surface area contributed by atoms with E-state index in [0.717, 1.165) is 11.4 Å². The van der Waals surface area contributed by atoms with Gasteiger partial charge in [-0.3, -0.25) is 14.3 Å². The Kier molecular flexibility index (Phi) is 4.38. The normalized spacial score (nSPS) is 27.8. The van der Waals surface area contributed by atoms with Gasteiger partial charge in [-0.2, -0.15) is 5.10 Å². The molecule has 2 fully saturated rings. The molecule has 2 aliphatic heterocycles. The van der Waals surface area contributed by atoms with Crippen LogP contribution in [0.15, 0.2) is 6.07 Å². The Labute approximate surface area is 141 Å². The maximum absolute atomic E-state index is 12.7. The van der Waals surface area contributed by atoms with Gasteiger partial charge in [-0.25, -0.2) is 0 Å². The van der Waals surface area contributed by atoms with Crippen molar-refractivity contribution in [2.75, 3.05) is 26.3 Å². The minimum Gasteiger partial charge on any atom is -0.481 e. The van der Waals surface area contributed by atoms with Crippen molar-refractivity contribution in [1.82, 2.24) is 14.7 Å². The number of carboxylic acids is 1. The predicted octanol–water partition coefficient (Wildman–Crippen LogP) is 1.40. The molecule has 3 rings (SSSR count). The van der Waals surface area contributed by atoms with E-state index in [-0.39, 0.29) is 17.9 Å². The van der Waals surface area contributed by atoms with Crippen LogP contribution in [-0.4, -0.2) is 58.0 Å². The molecule has 2 saturated heterocycles. The zero-order valence-electron chi connectivity index (χ0n) is 14.5. The molecule has 24 heavy (non-hydrogen) atoms. The number of ether oxygens (including phenoxy) is 1. The van der Waals surface area contributed by atoms with Crippen LogP contribution in [0, 0.1) is 25.2 Å². The smallest absolute Gasteiger partial charge is 0.311 e. The molecule has 3 heterocycles. The highest BCUT2D eigenvalue weighted by Crippen LogP contribution is 2.42. The molecule has 132 valence electrons. The molecular weight excluding hydrogens is 310 g/mol. The van der Waals surface area contributed by atoms with Crippen molar-refractivity contribution in [2.45, 2.75) is 39.7 Å². The lowest BCUT2D eigenvalue weighted by Crippen LogP contribution is -2.45. The minimum atomic E-state index is -0.838. The number of hydrogen-bond acceptors (Lipinski definition) is 4.